The van der Waals surface area contributed by atoms with Gasteiger partial charge in [-0.2, -0.15) is 4.21 Å². The Morgan fingerprint density at radius 2 is 2.00 bits per heavy atom. The average molecular weight is 194 g/mol. The van der Waals surface area contributed by atoms with Gasteiger partial charge in [0.25, 0.3) is 0 Å². The quantitative estimate of drug-likeness (QED) is 0.633. The van der Waals surface area contributed by atoms with Crippen molar-refractivity contribution in [2.24, 2.45) is 0 Å². The molecule has 1 N–H and O–H groups in total. The molecule has 74 valence electrons. The highest BCUT2D eigenvalue weighted by molar-refractivity contribution is 7.74. The molecular weight excluding hydrogens is 176 g/mol. The third-order valence-corrected chi connectivity index (χ3v) is 2.15. The highest BCUT2D eigenvalue weighted by Gasteiger charge is 2.10. The van der Waals surface area contributed by atoms with E-state index in [4.69, 9.17) is 8.74 Å². The van der Waals surface area contributed by atoms with Crippen LogP contribution < -0.4 is 0 Å². The van der Waals surface area contributed by atoms with Crippen LogP contribution in [0.2, 0.25) is 0 Å². The minimum atomic E-state index is -2.10. The molecule has 0 saturated heterocycles. The number of hydrogen-bond donors (Lipinski definition) is 1. The molecule has 12 heavy (non-hydrogen) atoms. The fourth-order valence-electron chi connectivity index (χ4n) is 1.11. The zero-order valence-corrected chi connectivity index (χ0v) is 8.60. The van der Waals surface area contributed by atoms with Crippen LogP contribution in [-0.4, -0.2) is 14.9 Å². The van der Waals surface area contributed by atoms with E-state index < -0.39 is 11.4 Å². The van der Waals surface area contributed by atoms with Gasteiger partial charge in [-0.25, -0.2) is 0 Å². The second-order valence-corrected chi connectivity index (χ2v) is 3.49. The Morgan fingerprint density at radius 1 is 1.33 bits per heavy atom. The van der Waals surface area contributed by atoms with Crippen molar-refractivity contribution in [1.82, 2.24) is 0 Å². The molecule has 0 amide bonds. The molecule has 0 aromatic carbocycles. The highest BCUT2D eigenvalue weighted by Crippen LogP contribution is 2.11. The van der Waals surface area contributed by atoms with Crippen molar-refractivity contribution in [1.29, 1.82) is 0 Å². The molecule has 0 radical (unpaired) electrons. The van der Waals surface area contributed by atoms with Crippen molar-refractivity contribution in [3.05, 3.63) is 0 Å². The summed E-state index contributed by atoms with van der Waals surface area (Å²) in [4.78, 5) is 0. The van der Waals surface area contributed by atoms with Crippen molar-refractivity contribution in [3.8, 4) is 0 Å². The van der Waals surface area contributed by atoms with Crippen LogP contribution in [0.1, 0.15) is 46.0 Å². The van der Waals surface area contributed by atoms with E-state index in [0.29, 0.717) is 0 Å². The summed E-state index contributed by atoms with van der Waals surface area (Å²) in [6.07, 6.45) is 4.86. The molecule has 0 spiro atoms. The lowest BCUT2D eigenvalue weighted by molar-refractivity contribution is 0.179. The smallest absolute Gasteiger partial charge is 0.284 e. The van der Waals surface area contributed by atoms with Crippen molar-refractivity contribution in [2.45, 2.75) is 52.1 Å². The predicted molar refractivity (Wildman–Crippen MR) is 50.1 cm³/mol. The van der Waals surface area contributed by atoms with Crippen LogP contribution in [0.3, 0.4) is 0 Å². The van der Waals surface area contributed by atoms with Crippen LogP contribution in [0, 0.1) is 0 Å². The normalized spacial score (nSPS) is 15.9. The summed E-state index contributed by atoms with van der Waals surface area (Å²) in [6, 6.07) is 0. The van der Waals surface area contributed by atoms with E-state index in [2.05, 4.69) is 6.92 Å². The Bertz CT molecular complexity index is 127. The molecule has 0 fully saturated rings. The van der Waals surface area contributed by atoms with E-state index in [1.54, 1.807) is 0 Å². The van der Waals surface area contributed by atoms with Crippen LogP contribution in [0.4, 0.5) is 0 Å². The van der Waals surface area contributed by atoms with Gasteiger partial charge in [0.1, 0.15) is 0 Å². The Morgan fingerprint density at radius 3 is 2.42 bits per heavy atom. The van der Waals surface area contributed by atoms with Crippen molar-refractivity contribution in [2.75, 3.05) is 0 Å². The standard InChI is InChI=1S/C8H18O3S/c1-3-5-7-8(6-4-2)11-12(9)10/h8H,3-7H2,1-2H3,(H,9,10). The first-order valence-electron chi connectivity index (χ1n) is 4.48. The lowest BCUT2D eigenvalue weighted by Crippen LogP contribution is -2.13. The third-order valence-electron chi connectivity index (χ3n) is 1.71. The van der Waals surface area contributed by atoms with E-state index in [0.717, 1.165) is 32.1 Å². The Kier molecular flexibility index (Phi) is 7.75. The fourth-order valence-corrected chi connectivity index (χ4v) is 1.54. The van der Waals surface area contributed by atoms with E-state index in [-0.39, 0.29) is 6.10 Å². The van der Waals surface area contributed by atoms with Gasteiger partial charge < -0.3 is 0 Å². The van der Waals surface area contributed by atoms with Crippen molar-refractivity contribution >= 4 is 11.4 Å². The molecule has 0 bridgehead atoms. The van der Waals surface area contributed by atoms with Gasteiger partial charge in [0, 0.05) is 0 Å². The molecule has 0 aromatic heterocycles. The summed E-state index contributed by atoms with van der Waals surface area (Å²) in [5, 5.41) is 0. The van der Waals surface area contributed by atoms with Gasteiger partial charge in [0.05, 0.1) is 6.10 Å². The van der Waals surface area contributed by atoms with Gasteiger partial charge in [-0.15, -0.1) is 0 Å². The maximum absolute atomic E-state index is 10.3. The Balaban J connectivity index is 3.61. The molecule has 0 aliphatic rings. The van der Waals surface area contributed by atoms with Crippen LogP contribution in [0.15, 0.2) is 0 Å². The first-order valence-corrected chi connectivity index (χ1v) is 5.51. The fraction of sp³-hybridized carbons (Fsp3) is 1.00. The lowest BCUT2D eigenvalue weighted by atomic mass is 10.1. The van der Waals surface area contributed by atoms with E-state index in [1.165, 1.54) is 0 Å². The maximum Gasteiger partial charge on any atom is 0.302 e. The summed E-state index contributed by atoms with van der Waals surface area (Å²) >= 11 is -2.10. The third kappa shape index (κ3) is 6.76. The summed E-state index contributed by atoms with van der Waals surface area (Å²) in [5.41, 5.74) is 0. The van der Waals surface area contributed by atoms with Crippen LogP contribution >= 0.6 is 0 Å². The topological polar surface area (TPSA) is 46.5 Å². The Labute approximate surface area is 77.0 Å². The SMILES string of the molecule is CCCCC(CCC)OS(=O)O. The molecule has 0 aliphatic carbocycles. The summed E-state index contributed by atoms with van der Waals surface area (Å²) in [7, 11) is 0. The van der Waals surface area contributed by atoms with Gasteiger partial charge in [-0.05, 0) is 12.8 Å². The minimum absolute atomic E-state index is 0.0409. The van der Waals surface area contributed by atoms with Crippen molar-refractivity contribution < 1.29 is 12.9 Å². The van der Waals surface area contributed by atoms with E-state index >= 15 is 0 Å². The molecule has 3 nitrogen and oxygen atoms in total. The number of rotatable bonds is 7. The van der Waals surface area contributed by atoms with Crippen LogP contribution in [-0.2, 0) is 15.5 Å². The maximum atomic E-state index is 10.3. The Hall–Kier alpha value is 0.0700. The van der Waals surface area contributed by atoms with Gasteiger partial charge in [-0.3, -0.25) is 8.74 Å². The first kappa shape index (κ1) is 12.1. The first-order chi connectivity index (χ1) is 5.70. The van der Waals surface area contributed by atoms with Crippen molar-refractivity contribution in [3.63, 3.8) is 0 Å². The number of hydrogen-bond acceptors (Lipinski definition) is 2. The minimum Gasteiger partial charge on any atom is -0.284 e. The molecule has 0 heterocycles. The molecule has 0 aliphatic heterocycles. The van der Waals surface area contributed by atoms with Gasteiger partial charge in [-0.1, -0.05) is 33.1 Å². The van der Waals surface area contributed by atoms with E-state index in [1.807, 2.05) is 6.92 Å². The average Bonchev–Trinajstić information content (AvgIpc) is 2.00. The molecule has 2 unspecified atom stereocenters. The van der Waals surface area contributed by atoms with Gasteiger partial charge in [0.2, 0.25) is 0 Å². The molecule has 2 atom stereocenters. The van der Waals surface area contributed by atoms with Gasteiger partial charge in [0.15, 0.2) is 0 Å². The zero-order valence-electron chi connectivity index (χ0n) is 7.78. The van der Waals surface area contributed by atoms with Gasteiger partial charge >= 0.3 is 11.4 Å². The second kappa shape index (κ2) is 7.71. The monoisotopic (exact) mass is 194 g/mol. The molecule has 0 saturated carbocycles. The highest BCUT2D eigenvalue weighted by atomic mass is 32.2. The summed E-state index contributed by atoms with van der Waals surface area (Å²) in [5.74, 6) is 0. The van der Waals surface area contributed by atoms with Crippen LogP contribution in [0.25, 0.3) is 0 Å². The predicted octanol–water partition coefficient (Wildman–Crippen LogP) is 2.50. The molecule has 4 heteroatoms. The molecular formula is C8H18O3S. The summed E-state index contributed by atoms with van der Waals surface area (Å²) in [6.45, 7) is 4.14. The second-order valence-electron chi connectivity index (χ2n) is 2.87. The lowest BCUT2D eigenvalue weighted by Gasteiger charge is -2.12. The van der Waals surface area contributed by atoms with E-state index in [9.17, 15) is 4.21 Å². The molecule has 0 rings (SSSR count). The molecule has 0 aromatic rings. The van der Waals surface area contributed by atoms with Crippen LogP contribution in [0.5, 0.6) is 0 Å². The summed E-state index contributed by atoms with van der Waals surface area (Å²) < 4.78 is 23.7. The zero-order chi connectivity index (χ0) is 9.40. The number of unbranched alkanes of at least 4 members (excludes halogenated alkanes) is 1. The largest absolute Gasteiger partial charge is 0.302 e.